The molecule has 1 saturated carbocycles. The van der Waals surface area contributed by atoms with Crippen molar-refractivity contribution < 1.29 is 4.39 Å². The first-order valence-corrected chi connectivity index (χ1v) is 11.8. The van der Waals surface area contributed by atoms with Crippen LogP contribution < -0.4 is 5.43 Å². The summed E-state index contributed by atoms with van der Waals surface area (Å²) in [7, 11) is 2.08. The molecule has 30 heavy (non-hydrogen) atoms. The second-order valence-electron chi connectivity index (χ2n) is 8.69. The summed E-state index contributed by atoms with van der Waals surface area (Å²) in [6.45, 7) is 3.53. The van der Waals surface area contributed by atoms with Crippen LogP contribution in [-0.2, 0) is 0 Å². The molecule has 3 heterocycles. The highest BCUT2D eigenvalue weighted by Gasteiger charge is 2.57. The van der Waals surface area contributed by atoms with Crippen LogP contribution in [0.3, 0.4) is 0 Å². The van der Waals surface area contributed by atoms with E-state index in [2.05, 4.69) is 32.4 Å². The van der Waals surface area contributed by atoms with E-state index in [0.717, 1.165) is 23.7 Å². The van der Waals surface area contributed by atoms with Crippen molar-refractivity contribution in [3.8, 4) is 0 Å². The van der Waals surface area contributed by atoms with Crippen LogP contribution in [0.5, 0.6) is 0 Å². The number of amidine groups is 1. The number of likely N-dealkylation sites (tertiary alicyclic amines) is 1. The molecule has 1 spiro atoms. The second kappa shape index (κ2) is 8.19. The molecule has 1 aliphatic carbocycles. The molecule has 1 aromatic heterocycles. The fourth-order valence-electron chi connectivity index (χ4n) is 4.93. The van der Waals surface area contributed by atoms with Gasteiger partial charge in [0.2, 0.25) is 0 Å². The number of halogens is 1. The summed E-state index contributed by atoms with van der Waals surface area (Å²) in [5.74, 6) is 2.53. The van der Waals surface area contributed by atoms with Gasteiger partial charge in [0, 0.05) is 31.5 Å². The van der Waals surface area contributed by atoms with Gasteiger partial charge in [-0.25, -0.2) is 4.39 Å². The van der Waals surface area contributed by atoms with E-state index in [1.54, 1.807) is 18.3 Å². The van der Waals surface area contributed by atoms with Crippen LogP contribution in [-0.4, -0.2) is 58.6 Å². The molecule has 7 heteroatoms. The Morgan fingerprint density at radius 3 is 2.93 bits per heavy atom. The Balaban J connectivity index is 1.04. The number of rotatable bonds is 7. The topological polar surface area (TPSA) is 43.8 Å². The molecule has 2 aliphatic heterocycles. The van der Waals surface area contributed by atoms with Crippen molar-refractivity contribution >= 4 is 17.6 Å². The zero-order chi connectivity index (χ0) is 20.6. The van der Waals surface area contributed by atoms with Crippen LogP contribution in [0, 0.1) is 11.2 Å². The minimum atomic E-state index is -0.139. The molecular weight excluding hydrogens is 397 g/mol. The normalized spacial score (nSPS) is 28.1. The predicted octanol–water partition coefficient (Wildman–Crippen LogP) is 3.70. The zero-order valence-electron chi connectivity index (χ0n) is 17.3. The van der Waals surface area contributed by atoms with Gasteiger partial charge in [-0.1, -0.05) is 12.1 Å². The first-order valence-electron chi connectivity index (χ1n) is 10.7. The molecule has 0 bridgehead atoms. The number of nitrogens with zero attached hydrogens (tertiary/aromatic N) is 4. The summed E-state index contributed by atoms with van der Waals surface area (Å²) in [5.41, 5.74) is 6.22. The third kappa shape index (κ3) is 3.93. The van der Waals surface area contributed by atoms with Gasteiger partial charge in [-0.3, -0.25) is 10.4 Å². The molecule has 3 aliphatic rings. The minimum absolute atomic E-state index is 0.139. The number of benzene rings is 1. The summed E-state index contributed by atoms with van der Waals surface area (Å²) in [6.07, 6.45) is 7.35. The van der Waals surface area contributed by atoms with Crippen LogP contribution in [0.4, 0.5) is 4.39 Å². The maximum atomic E-state index is 13.2. The number of pyridine rings is 1. The van der Waals surface area contributed by atoms with E-state index < -0.39 is 0 Å². The smallest absolute Gasteiger partial charge is 0.164 e. The van der Waals surface area contributed by atoms with Gasteiger partial charge in [0.05, 0.1) is 0 Å². The van der Waals surface area contributed by atoms with Crippen molar-refractivity contribution in [1.29, 1.82) is 0 Å². The Labute approximate surface area is 181 Å². The van der Waals surface area contributed by atoms with Crippen molar-refractivity contribution in [3.63, 3.8) is 0 Å². The predicted molar refractivity (Wildman–Crippen MR) is 120 cm³/mol. The van der Waals surface area contributed by atoms with Crippen molar-refractivity contribution in [3.05, 3.63) is 65.7 Å². The first kappa shape index (κ1) is 19.8. The molecule has 3 atom stereocenters. The van der Waals surface area contributed by atoms with E-state index >= 15 is 0 Å². The standard InChI is InChI=1S/C23H28FN5S/c1-28-21(18-4-2-10-25-15-18)26-27-22(28)30-13-3-11-29-12-9-23(16-29)14-20(23)17-5-7-19(24)8-6-17/h2,4-8,10,15,20,22,27H,3,9,11-14,16H2,1H3/t20-,22?,23+/m1/s1. The monoisotopic (exact) mass is 425 g/mol. The van der Waals surface area contributed by atoms with Crippen LogP contribution in [0.1, 0.15) is 36.3 Å². The fourth-order valence-corrected chi connectivity index (χ4v) is 5.90. The van der Waals surface area contributed by atoms with E-state index in [-0.39, 0.29) is 11.3 Å². The highest BCUT2D eigenvalue weighted by Crippen LogP contribution is 2.64. The summed E-state index contributed by atoms with van der Waals surface area (Å²) in [4.78, 5) is 8.99. The maximum absolute atomic E-state index is 13.2. The first-order chi connectivity index (χ1) is 14.6. The SMILES string of the molecule is CN1C(c2cccnc2)=NNC1SCCCN1CC[C@]2(C[C@@H]2c2ccc(F)cc2)C1. The number of hydrogen-bond donors (Lipinski definition) is 1. The Kier molecular flexibility index (Phi) is 5.41. The third-order valence-electron chi connectivity index (χ3n) is 6.71. The molecule has 2 aromatic rings. The van der Waals surface area contributed by atoms with Crippen molar-refractivity contribution in [2.75, 3.05) is 32.4 Å². The average Bonchev–Trinajstić information content (AvgIpc) is 3.11. The Bertz CT molecular complexity index is 906. The quantitative estimate of drug-likeness (QED) is 0.685. The Morgan fingerprint density at radius 1 is 1.27 bits per heavy atom. The minimum Gasteiger partial charge on any atom is -0.328 e. The fraction of sp³-hybridized carbons (Fsp3) is 0.478. The second-order valence-corrected chi connectivity index (χ2v) is 9.88. The maximum Gasteiger partial charge on any atom is 0.164 e. The van der Waals surface area contributed by atoms with Gasteiger partial charge in [0.25, 0.3) is 0 Å². The molecule has 5 nitrogen and oxygen atoms in total. The summed E-state index contributed by atoms with van der Waals surface area (Å²) < 4.78 is 13.2. The third-order valence-corrected chi connectivity index (χ3v) is 7.97. The number of nitrogens with one attached hydrogen (secondary N) is 1. The van der Waals surface area contributed by atoms with Gasteiger partial charge >= 0.3 is 0 Å². The molecule has 1 aromatic carbocycles. The molecule has 5 rings (SSSR count). The van der Waals surface area contributed by atoms with E-state index in [9.17, 15) is 4.39 Å². The number of aromatic nitrogens is 1. The van der Waals surface area contributed by atoms with Crippen LogP contribution in [0.2, 0.25) is 0 Å². The lowest BCUT2D eigenvalue weighted by atomic mass is 9.98. The Morgan fingerprint density at radius 2 is 2.13 bits per heavy atom. The number of hydrazone groups is 1. The zero-order valence-corrected chi connectivity index (χ0v) is 18.1. The largest absolute Gasteiger partial charge is 0.328 e. The van der Waals surface area contributed by atoms with Gasteiger partial charge < -0.3 is 9.80 Å². The summed E-state index contributed by atoms with van der Waals surface area (Å²) >= 11 is 1.91. The van der Waals surface area contributed by atoms with Crippen LogP contribution >= 0.6 is 11.8 Å². The molecule has 158 valence electrons. The molecule has 2 fully saturated rings. The number of thioether (sulfide) groups is 1. The average molecular weight is 426 g/mol. The van der Waals surface area contributed by atoms with Gasteiger partial charge in [-0.05, 0) is 79.3 Å². The van der Waals surface area contributed by atoms with Crippen LogP contribution in [0.15, 0.2) is 53.9 Å². The molecule has 1 unspecified atom stereocenters. The lowest BCUT2D eigenvalue weighted by Crippen LogP contribution is -2.35. The molecular formula is C23H28FN5S. The van der Waals surface area contributed by atoms with Crippen molar-refractivity contribution in [1.82, 2.24) is 20.2 Å². The van der Waals surface area contributed by atoms with E-state index in [0.29, 0.717) is 11.3 Å². The number of hydrogen-bond acceptors (Lipinski definition) is 6. The molecule has 0 radical (unpaired) electrons. The van der Waals surface area contributed by atoms with Gasteiger partial charge in [-0.2, -0.15) is 5.10 Å². The van der Waals surface area contributed by atoms with Crippen molar-refractivity contribution in [2.24, 2.45) is 10.5 Å². The molecule has 1 N–H and O–H groups in total. The van der Waals surface area contributed by atoms with E-state index in [4.69, 9.17) is 0 Å². The van der Waals surface area contributed by atoms with E-state index in [1.165, 1.54) is 37.9 Å². The Hall–Kier alpha value is -2.12. The highest BCUT2D eigenvalue weighted by atomic mass is 32.2. The highest BCUT2D eigenvalue weighted by molar-refractivity contribution is 7.99. The van der Waals surface area contributed by atoms with Crippen LogP contribution in [0.25, 0.3) is 0 Å². The molecule has 0 amide bonds. The van der Waals surface area contributed by atoms with Gasteiger partial charge in [-0.15, -0.1) is 11.8 Å². The van der Waals surface area contributed by atoms with E-state index in [1.807, 2.05) is 42.2 Å². The van der Waals surface area contributed by atoms with Crippen molar-refractivity contribution in [2.45, 2.75) is 30.7 Å². The summed E-state index contributed by atoms with van der Waals surface area (Å²) in [5, 5.41) is 4.49. The van der Waals surface area contributed by atoms with Gasteiger partial charge in [0.15, 0.2) is 11.3 Å². The lowest BCUT2D eigenvalue weighted by Gasteiger charge is -2.22. The van der Waals surface area contributed by atoms with Gasteiger partial charge in [0.1, 0.15) is 5.82 Å². The lowest BCUT2D eigenvalue weighted by molar-refractivity contribution is 0.319. The summed E-state index contributed by atoms with van der Waals surface area (Å²) in [6, 6.07) is 11.1. The molecule has 1 saturated heterocycles.